The molecule has 35 heavy (non-hydrogen) atoms. The van der Waals surface area contributed by atoms with Gasteiger partial charge in [-0.05, 0) is 53.6 Å². The van der Waals surface area contributed by atoms with Crippen molar-refractivity contribution in [1.82, 2.24) is 19.9 Å². The number of aliphatic hydroxyl groups is 1. The number of nitrogens with zero attached hydrogens (tertiary/aromatic N) is 3. The van der Waals surface area contributed by atoms with E-state index in [2.05, 4.69) is 19.9 Å². The van der Waals surface area contributed by atoms with Crippen molar-refractivity contribution in [3.05, 3.63) is 124 Å². The van der Waals surface area contributed by atoms with E-state index in [-0.39, 0.29) is 24.2 Å². The summed E-state index contributed by atoms with van der Waals surface area (Å²) in [5, 5.41) is 9.32. The summed E-state index contributed by atoms with van der Waals surface area (Å²) >= 11 is 0. The average Bonchev–Trinajstić information content (AvgIpc) is 3.18. The van der Waals surface area contributed by atoms with Crippen molar-refractivity contribution in [2.24, 2.45) is 0 Å². The highest BCUT2D eigenvalue weighted by molar-refractivity contribution is 5.97. The summed E-state index contributed by atoms with van der Waals surface area (Å²) in [6.07, 6.45) is 3.93. The molecule has 0 atom stereocenters. The Balaban J connectivity index is 1.37. The van der Waals surface area contributed by atoms with Crippen molar-refractivity contribution >= 4 is 16.8 Å². The largest absolute Gasteiger partial charge is 0.392 e. The molecule has 0 unspecified atom stereocenters. The number of pyridine rings is 1. The second-order valence-corrected chi connectivity index (χ2v) is 8.28. The molecule has 0 saturated heterocycles. The Morgan fingerprint density at radius 1 is 0.914 bits per heavy atom. The van der Waals surface area contributed by atoms with E-state index in [9.17, 15) is 14.7 Å². The van der Waals surface area contributed by atoms with Crippen LogP contribution < -0.4 is 5.43 Å². The molecule has 0 aliphatic rings. The zero-order valence-electron chi connectivity index (χ0n) is 18.8. The Kier molecular flexibility index (Phi) is 6.24. The van der Waals surface area contributed by atoms with Gasteiger partial charge in [-0.1, -0.05) is 24.3 Å². The monoisotopic (exact) mass is 462 g/mol. The summed E-state index contributed by atoms with van der Waals surface area (Å²) in [6.45, 7) is -0.0598. The van der Waals surface area contributed by atoms with Crippen molar-refractivity contribution in [2.75, 3.05) is 0 Å². The van der Waals surface area contributed by atoms with Crippen LogP contribution in [0.5, 0.6) is 0 Å². The number of Topliss-reactive ketones (excluding diaryl/α,β-unsaturated/α-hetero) is 1. The third-order valence-corrected chi connectivity index (χ3v) is 5.68. The van der Waals surface area contributed by atoms with E-state index in [1.165, 1.54) is 12.1 Å². The van der Waals surface area contributed by atoms with E-state index in [1.54, 1.807) is 30.6 Å². The zero-order valence-corrected chi connectivity index (χ0v) is 18.8. The van der Waals surface area contributed by atoms with Gasteiger partial charge in [-0.3, -0.25) is 19.6 Å². The van der Waals surface area contributed by atoms with E-state index < -0.39 is 0 Å². The zero-order chi connectivity index (χ0) is 24.2. The molecule has 0 saturated carbocycles. The van der Waals surface area contributed by atoms with E-state index in [4.69, 9.17) is 0 Å². The van der Waals surface area contributed by atoms with Crippen LogP contribution >= 0.6 is 0 Å². The van der Waals surface area contributed by atoms with Crippen molar-refractivity contribution in [3.8, 4) is 11.3 Å². The summed E-state index contributed by atoms with van der Waals surface area (Å²) in [4.78, 5) is 41.7. The van der Waals surface area contributed by atoms with Crippen LogP contribution in [0.3, 0.4) is 0 Å². The lowest BCUT2D eigenvalue weighted by Gasteiger charge is -2.05. The highest BCUT2D eigenvalue weighted by Gasteiger charge is 2.12. The highest BCUT2D eigenvalue weighted by atomic mass is 16.3. The number of aromatic nitrogens is 4. The third kappa shape index (κ3) is 5.20. The number of benzene rings is 2. The number of imidazole rings is 1. The number of aromatic amines is 1. The summed E-state index contributed by atoms with van der Waals surface area (Å²) in [6, 6.07) is 21.2. The van der Waals surface area contributed by atoms with E-state index in [0.717, 1.165) is 22.2 Å². The molecule has 3 heterocycles. The molecule has 172 valence electrons. The van der Waals surface area contributed by atoms with Crippen LogP contribution in [0.1, 0.15) is 33.0 Å². The van der Waals surface area contributed by atoms with Gasteiger partial charge in [-0.2, -0.15) is 0 Å². The molecule has 0 bridgehead atoms. The second kappa shape index (κ2) is 9.79. The number of nitrogens with one attached hydrogen (secondary N) is 1. The van der Waals surface area contributed by atoms with E-state index >= 15 is 0 Å². The lowest BCUT2D eigenvalue weighted by molar-refractivity contribution is 0.0991. The van der Waals surface area contributed by atoms with Crippen LogP contribution in [0.4, 0.5) is 0 Å². The first-order valence-corrected chi connectivity index (χ1v) is 11.2. The minimum absolute atomic E-state index is 0.0598. The maximum atomic E-state index is 13.0. The van der Waals surface area contributed by atoms with Crippen LogP contribution in [0.25, 0.3) is 22.3 Å². The minimum Gasteiger partial charge on any atom is -0.392 e. The number of H-pyrrole nitrogens is 1. The fourth-order valence-electron chi connectivity index (χ4n) is 3.97. The van der Waals surface area contributed by atoms with Crippen molar-refractivity contribution < 1.29 is 9.90 Å². The van der Waals surface area contributed by atoms with E-state index in [1.807, 2.05) is 42.5 Å². The van der Waals surface area contributed by atoms with Gasteiger partial charge in [-0.15, -0.1) is 0 Å². The molecule has 5 aromatic rings. The summed E-state index contributed by atoms with van der Waals surface area (Å²) in [5.41, 5.74) is 5.71. The Morgan fingerprint density at radius 2 is 1.83 bits per heavy atom. The number of fused-ring (bicyclic) bond motifs is 1. The Bertz CT molecular complexity index is 1580. The van der Waals surface area contributed by atoms with E-state index in [0.29, 0.717) is 34.7 Å². The van der Waals surface area contributed by atoms with Gasteiger partial charge in [0.1, 0.15) is 5.82 Å². The highest BCUT2D eigenvalue weighted by Crippen LogP contribution is 2.18. The number of hydrogen-bond donors (Lipinski definition) is 2. The maximum Gasteiger partial charge on any atom is 0.180 e. The summed E-state index contributed by atoms with van der Waals surface area (Å²) < 4.78 is 0. The molecule has 2 N–H and O–H groups in total. The number of ketones is 1. The first-order chi connectivity index (χ1) is 17.1. The smallest absolute Gasteiger partial charge is 0.180 e. The van der Waals surface area contributed by atoms with Crippen LogP contribution in [-0.2, 0) is 19.4 Å². The predicted molar refractivity (Wildman–Crippen MR) is 133 cm³/mol. The molecule has 2 aromatic carbocycles. The Morgan fingerprint density at radius 3 is 2.66 bits per heavy atom. The number of aliphatic hydroxyl groups excluding tert-OH is 1. The summed E-state index contributed by atoms with van der Waals surface area (Å²) in [5.74, 6) is 0.500. The van der Waals surface area contributed by atoms with Crippen LogP contribution in [0.2, 0.25) is 0 Å². The molecule has 0 aliphatic carbocycles. The Hall–Kier alpha value is -4.49. The van der Waals surface area contributed by atoms with Crippen molar-refractivity contribution in [1.29, 1.82) is 0 Å². The number of hydrogen-bond acceptors (Lipinski definition) is 6. The quantitative estimate of drug-likeness (QED) is 0.355. The van der Waals surface area contributed by atoms with Gasteiger partial charge in [0.2, 0.25) is 0 Å². The van der Waals surface area contributed by atoms with Crippen molar-refractivity contribution in [3.63, 3.8) is 0 Å². The Labute approximate surface area is 201 Å². The molecule has 0 spiro atoms. The maximum absolute atomic E-state index is 13.0. The average molecular weight is 463 g/mol. The lowest BCUT2D eigenvalue weighted by Crippen LogP contribution is -2.06. The first kappa shape index (κ1) is 22.3. The molecule has 0 fully saturated rings. The van der Waals surface area contributed by atoms with Gasteiger partial charge in [-0.25, -0.2) is 4.98 Å². The third-order valence-electron chi connectivity index (χ3n) is 5.68. The van der Waals surface area contributed by atoms with Gasteiger partial charge in [0, 0.05) is 41.7 Å². The lowest BCUT2D eigenvalue weighted by atomic mass is 10.0. The standard InChI is InChI=1S/C28H22N4O3/c33-17-19-6-8-25-26(13-19)32-28(31-25)15-27(35)20-4-1-3-18(11-20)12-22-14-23(34)7-9-24(30-22)21-5-2-10-29-16-21/h1-11,13-14,16,33H,12,15,17H2,(H,31,32). The topological polar surface area (TPSA) is 109 Å². The van der Waals surface area contributed by atoms with Crippen LogP contribution in [0.15, 0.2) is 90.0 Å². The normalized spacial score (nSPS) is 11.0. The van der Waals surface area contributed by atoms with Gasteiger partial charge >= 0.3 is 0 Å². The van der Waals surface area contributed by atoms with Crippen LogP contribution in [-0.4, -0.2) is 30.8 Å². The van der Waals surface area contributed by atoms with Crippen LogP contribution in [0, 0.1) is 0 Å². The van der Waals surface area contributed by atoms with Gasteiger partial charge in [0.05, 0.1) is 29.8 Å². The second-order valence-electron chi connectivity index (χ2n) is 8.28. The predicted octanol–water partition coefficient (Wildman–Crippen LogP) is 3.89. The molecular formula is C28H22N4O3. The van der Waals surface area contributed by atoms with Gasteiger partial charge < -0.3 is 10.1 Å². The van der Waals surface area contributed by atoms with Gasteiger partial charge in [0.15, 0.2) is 11.2 Å². The molecule has 7 nitrogen and oxygen atoms in total. The SMILES string of the molecule is O=C(Cc1nc2cc(CO)ccc2[nH]1)c1cccc(Cc2cc(=O)ccc(-c3cccnc3)n2)c1. The van der Waals surface area contributed by atoms with Crippen molar-refractivity contribution in [2.45, 2.75) is 19.4 Å². The molecule has 5 rings (SSSR count). The van der Waals surface area contributed by atoms with Gasteiger partial charge in [0.25, 0.3) is 0 Å². The fraction of sp³-hybridized carbons (Fsp3) is 0.107. The molecule has 0 amide bonds. The number of carbonyl (C=O) groups excluding carboxylic acids is 1. The molecular weight excluding hydrogens is 440 g/mol. The number of carbonyl (C=O) groups is 1. The molecule has 7 heteroatoms. The minimum atomic E-state index is -0.135. The molecule has 0 radical (unpaired) electrons. The first-order valence-electron chi connectivity index (χ1n) is 11.2. The molecule has 0 aliphatic heterocycles. The fourth-order valence-corrected chi connectivity index (χ4v) is 3.97. The number of rotatable bonds is 7. The summed E-state index contributed by atoms with van der Waals surface area (Å²) in [7, 11) is 0. The molecule has 3 aromatic heterocycles.